The first-order valence-corrected chi connectivity index (χ1v) is 7.52. The summed E-state index contributed by atoms with van der Waals surface area (Å²) in [6.45, 7) is 4.51. The van der Waals surface area contributed by atoms with Gasteiger partial charge in [0.2, 0.25) is 0 Å². The number of amides is 3. The van der Waals surface area contributed by atoms with Gasteiger partial charge in [-0.15, -0.1) is 0 Å². The molecule has 0 aliphatic rings. The minimum Gasteiger partial charge on any atom is -0.483 e. The van der Waals surface area contributed by atoms with Crippen LogP contribution in [0, 0.1) is 9.49 Å². The van der Waals surface area contributed by atoms with E-state index in [0.717, 1.165) is 9.99 Å². The maximum atomic E-state index is 11.5. The summed E-state index contributed by atoms with van der Waals surface area (Å²) in [6, 6.07) is 6.89. The van der Waals surface area contributed by atoms with Crippen molar-refractivity contribution in [2.45, 2.75) is 20.3 Å². The summed E-state index contributed by atoms with van der Waals surface area (Å²) in [5.41, 5.74) is 0. The van der Waals surface area contributed by atoms with Crippen LogP contribution in [0.4, 0.5) is 4.79 Å². The monoisotopic (exact) mass is 390 g/mol. The summed E-state index contributed by atoms with van der Waals surface area (Å²) >= 11 is 2.12. The average Bonchev–Trinajstić information content (AvgIpc) is 2.37. The molecule has 0 aliphatic heterocycles. The number of imide groups is 1. The van der Waals surface area contributed by atoms with Crippen molar-refractivity contribution in [3.8, 4) is 5.75 Å². The van der Waals surface area contributed by atoms with Crippen LogP contribution < -0.4 is 15.4 Å². The normalized spacial score (nSPS) is 10.2. The topological polar surface area (TPSA) is 67.4 Å². The SMILES string of the molecule is CC(C)CCNC(=O)NC(=O)COc1ccccc1I. The van der Waals surface area contributed by atoms with Crippen LogP contribution in [-0.2, 0) is 4.79 Å². The molecule has 0 saturated heterocycles. The zero-order valence-corrected chi connectivity index (χ0v) is 13.8. The predicted molar refractivity (Wildman–Crippen MR) is 85.7 cm³/mol. The van der Waals surface area contributed by atoms with E-state index in [1.165, 1.54) is 0 Å². The van der Waals surface area contributed by atoms with E-state index in [0.29, 0.717) is 18.2 Å². The molecule has 20 heavy (non-hydrogen) atoms. The standard InChI is InChI=1S/C14H19IN2O3/c1-10(2)7-8-16-14(19)17-13(18)9-20-12-6-4-3-5-11(12)15/h3-6,10H,7-9H2,1-2H3,(H2,16,17,18,19). The lowest BCUT2D eigenvalue weighted by molar-refractivity contribution is -0.122. The maximum Gasteiger partial charge on any atom is 0.321 e. The summed E-state index contributed by atoms with van der Waals surface area (Å²) in [6.07, 6.45) is 0.875. The van der Waals surface area contributed by atoms with Gasteiger partial charge in [-0.25, -0.2) is 4.79 Å². The number of urea groups is 1. The fraction of sp³-hybridized carbons (Fsp3) is 0.429. The molecule has 0 aliphatic carbocycles. The first kappa shape index (κ1) is 16.7. The molecular formula is C14H19IN2O3. The number of carbonyl (C=O) groups excluding carboxylic acids is 2. The van der Waals surface area contributed by atoms with E-state index in [1.54, 1.807) is 6.07 Å². The molecule has 1 aromatic carbocycles. The van der Waals surface area contributed by atoms with E-state index in [1.807, 2.05) is 18.2 Å². The van der Waals surface area contributed by atoms with Gasteiger partial charge >= 0.3 is 6.03 Å². The summed E-state index contributed by atoms with van der Waals surface area (Å²) in [5, 5.41) is 4.85. The molecule has 2 N–H and O–H groups in total. The molecule has 5 nitrogen and oxygen atoms in total. The summed E-state index contributed by atoms with van der Waals surface area (Å²) in [4.78, 5) is 22.9. The van der Waals surface area contributed by atoms with Gasteiger partial charge in [0.15, 0.2) is 6.61 Å². The third kappa shape index (κ3) is 6.74. The molecule has 3 amide bonds. The third-order valence-corrected chi connectivity index (χ3v) is 3.35. The van der Waals surface area contributed by atoms with E-state index < -0.39 is 11.9 Å². The van der Waals surface area contributed by atoms with Gasteiger partial charge in [-0.05, 0) is 47.1 Å². The fourth-order valence-corrected chi connectivity index (χ4v) is 1.93. The lowest BCUT2D eigenvalue weighted by Gasteiger charge is -2.09. The van der Waals surface area contributed by atoms with Crippen molar-refractivity contribution in [1.29, 1.82) is 0 Å². The molecular weight excluding hydrogens is 371 g/mol. The molecule has 0 radical (unpaired) electrons. The second kappa shape index (κ2) is 8.78. The number of carbonyl (C=O) groups is 2. The number of hydrogen-bond donors (Lipinski definition) is 2. The Balaban J connectivity index is 2.26. The van der Waals surface area contributed by atoms with Gasteiger partial charge in [0.25, 0.3) is 5.91 Å². The molecule has 0 bridgehead atoms. The van der Waals surface area contributed by atoms with Gasteiger partial charge in [-0.2, -0.15) is 0 Å². The second-order valence-electron chi connectivity index (χ2n) is 4.71. The van der Waals surface area contributed by atoms with E-state index >= 15 is 0 Å². The van der Waals surface area contributed by atoms with Gasteiger partial charge in [0.1, 0.15) is 5.75 Å². The zero-order valence-electron chi connectivity index (χ0n) is 11.6. The van der Waals surface area contributed by atoms with E-state index in [9.17, 15) is 9.59 Å². The van der Waals surface area contributed by atoms with Crippen LogP contribution in [0.25, 0.3) is 0 Å². The Morgan fingerprint density at radius 1 is 1.30 bits per heavy atom. The smallest absolute Gasteiger partial charge is 0.321 e. The van der Waals surface area contributed by atoms with Gasteiger partial charge in [-0.1, -0.05) is 26.0 Å². The Labute approximate surface area is 132 Å². The molecule has 0 fully saturated rings. The summed E-state index contributed by atoms with van der Waals surface area (Å²) in [5.74, 6) is 0.671. The van der Waals surface area contributed by atoms with Crippen molar-refractivity contribution in [2.24, 2.45) is 5.92 Å². The minimum atomic E-state index is -0.484. The molecule has 0 spiro atoms. The maximum absolute atomic E-state index is 11.5. The number of rotatable bonds is 6. The summed E-state index contributed by atoms with van der Waals surface area (Å²) in [7, 11) is 0. The van der Waals surface area contributed by atoms with Crippen LogP contribution in [0.5, 0.6) is 5.75 Å². The number of halogens is 1. The zero-order chi connectivity index (χ0) is 15.0. The van der Waals surface area contributed by atoms with Crippen molar-refractivity contribution >= 4 is 34.5 Å². The van der Waals surface area contributed by atoms with Crippen molar-refractivity contribution in [2.75, 3.05) is 13.2 Å². The fourth-order valence-electron chi connectivity index (χ4n) is 1.39. The van der Waals surface area contributed by atoms with Crippen LogP contribution in [-0.4, -0.2) is 25.1 Å². The van der Waals surface area contributed by atoms with Crippen LogP contribution in [0.3, 0.4) is 0 Å². The first-order valence-electron chi connectivity index (χ1n) is 6.44. The third-order valence-electron chi connectivity index (χ3n) is 2.46. The molecule has 110 valence electrons. The lowest BCUT2D eigenvalue weighted by atomic mass is 10.1. The highest BCUT2D eigenvalue weighted by atomic mass is 127. The van der Waals surface area contributed by atoms with Crippen LogP contribution in [0.2, 0.25) is 0 Å². The second-order valence-corrected chi connectivity index (χ2v) is 5.87. The van der Waals surface area contributed by atoms with Crippen LogP contribution in [0.15, 0.2) is 24.3 Å². The average molecular weight is 390 g/mol. The van der Waals surface area contributed by atoms with Crippen molar-refractivity contribution < 1.29 is 14.3 Å². The van der Waals surface area contributed by atoms with Gasteiger partial charge in [0, 0.05) is 6.54 Å². The van der Waals surface area contributed by atoms with E-state index in [4.69, 9.17) is 4.74 Å². The Morgan fingerprint density at radius 3 is 2.65 bits per heavy atom. The summed E-state index contributed by atoms with van der Waals surface area (Å²) < 4.78 is 6.26. The Kier molecular flexibility index (Phi) is 7.35. The molecule has 1 rings (SSSR count). The Morgan fingerprint density at radius 2 is 2.00 bits per heavy atom. The van der Waals surface area contributed by atoms with Crippen molar-refractivity contribution in [3.05, 3.63) is 27.8 Å². The molecule has 0 saturated carbocycles. The number of ether oxygens (including phenoxy) is 1. The molecule has 0 aromatic heterocycles. The molecule has 0 unspecified atom stereocenters. The van der Waals surface area contributed by atoms with Gasteiger partial charge in [0.05, 0.1) is 3.57 Å². The Bertz CT molecular complexity index is 463. The number of nitrogens with one attached hydrogen (secondary N) is 2. The van der Waals surface area contributed by atoms with E-state index in [2.05, 4.69) is 47.1 Å². The van der Waals surface area contributed by atoms with E-state index in [-0.39, 0.29) is 6.61 Å². The predicted octanol–water partition coefficient (Wildman–Crippen LogP) is 2.54. The van der Waals surface area contributed by atoms with Crippen LogP contribution >= 0.6 is 22.6 Å². The quantitative estimate of drug-likeness (QED) is 0.734. The molecule has 1 aromatic rings. The first-order chi connectivity index (χ1) is 9.49. The van der Waals surface area contributed by atoms with Crippen molar-refractivity contribution in [3.63, 3.8) is 0 Å². The molecule has 0 heterocycles. The highest BCUT2D eigenvalue weighted by Gasteiger charge is 2.09. The van der Waals surface area contributed by atoms with Crippen LogP contribution in [0.1, 0.15) is 20.3 Å². The molecule has 6 heteroatoms. The molecule has 0 atom stereocenters. The van der Waals surface area contributed by atoms with Gasteiger partial charge in [-0.3, -0.25) is 10.1 Å². The number of para-hydroxylation sites is 1. The highest BCUT2D eigenvalue weighted by molar-refractivity contribution is 14.1. The minimum absolute atomic E-state index is 0.183. The largest absolute Gasteiger partial charge is 0.483 e. The lowest BCUT2D eigenvalue weighted by Crippen LogP contribution is -2.42. The van der Waals surface area contributed by atoms with Crippen molar-refractivity contribution in [1.82, 2.24) is 10.6 Å². The number of hydrogen-bond acceptors (Lipinski definition) is 3. The number of benzene rings is 1. The highest BCUT2D eigenvalue weighted by Crippen LogP contribution is 2.19. The Hall–Kier alpha value is -1.31. The van der Waals surface area contributed by atoms with Gasteiger partial charge < -0.3 is 10.1 Å².